The third-order valence-corrected chi connectivity index (χ3v) is 4.69. The Balaban J connectivity index is 2.19. The summed E-state index contributed by atoms with van der Waals surface area (Å²) in [6, 6.07) is 5.59. The summed E-state index contributed by atoms with van der Waals surface area (Å²) in [6.07, 6.45) is 0. The zero-order chi connectivity index (χ0) is 14.8. The van der Waals surface area contributed by atoms with Crippen LogP contribution in [0.2, 0.25) is 0 Å². The molecule has 20 heavy (non-hydrogen) atoms. The van der Waals surface area contributed by atoms with Crippen LogP contribution in [-0.2, 0) is 0 Å². The molecule has 1 aliphatic rings. The second-order valence-corrected chi connectivity index (χ2v) is 7.46. The summed E-state index contributed by atoms with van der Waals surface area (Å²) in [6.45, 7) is 9.01. The lowest BCUT2D eigenvalue weighted by Gasteiger charge is -2.39. The van der Waals surface area contributed by atoms with Gasteiger partial charge in [-0.15, -0.1) is 0 Å². The van der Waals surface area contributed by atoms with Crippen molar-refractivity contribution in [1.82, 2.24) is 5.32 Å². The maximum Gasteiger partial charge on any atom is 0.251 e. The molecule has 1 heterocycles. The summed E-state index contributed by atoms with van der Waals surface area (Å²) in [5.74, 6) is 1.03. The molecule has 1 aromatic carbocycles. The molecule has 4 nitrogen and oxygen atoms in total. The van der Waals surface area contributed by atoms with Gasteiger partial charge < -0.3 is 16.0 Å². The van der Waals surface area contributed by atoms with Crippen LogP contribution in [0.15, 0.2) is 18.2 Å². The predicted octanol–water partition coefficient (Wildman–Crippen LogP) is 2.35. The number of anilines is 2. The molecule has 0 bridgehead atoms. The molecule has 0 unspecified atom stereocenters. The first-order valence-corrected chi connectivity index (χ1v) is 7.98. The molecule has 1 fully saturated rings. The van der Waals surface area contributed by atoms with Crippen molar-refractivity contribution in [2.45, 2.75) is 25.5 Å². The van der Waals surface area contributed by atoms with Crippen LogP contribution >= 0.6 is 11.8 Å². The number of nitrogen functional groups attached to an aromatic ring is 1. The number of benzene rings is 1. The lowest BCUT2D eigenvalue weighted by atomic mass is 10.1. The Morgan fingerprint density at radius 3 is 2.85 bits per heavy atom. The topological polar surface area (TPSA) is 58.4 Å². The number of hydrogen-bond donors (Lipinski definition) is 2. The molecule has 1 aromatic rings. The standard InChI is InChI=1S/C15H23N3OS/c1-4-17-14(19)11-5-6-13(12(16)9-11)18-7-8-20-15(2,3)10-18/h5-6,9H,4,7-8,10,16H2,1-3H3,(H,17,19). The SMILES string of the molecule is CCNC(=O)c1ccc(N2CCSC(C)(C)C2)c(N)c1. The average molecular weight is 293 g/mol. The van der Waals surface area contributed by atoms with Gasteiger partial charge in [-0.05, 0) is 39.0 Å². The van der Waals surface area contributed by atoms with Gasteiger partial charge in [0.25, 0.3) is 5.91 Å². The Kier molecular flexibility index (Phi) is 4.48. The minimum absolute atomic E-state index is 0.0692. The van der Waals surface area contributed by atoms with Gasteiger partial charge in [0.15, 0.2) is 0 Å². The third kappa shape index (κ3) is 3.39. The van der Waals surface area contributed by atoms with E-state index in [0.29, 0.717) is 17.8 Å². The van der Waals surface area contributed by atoms with E-state index in [-0.39, 0.29) is 10.7 Å². The van der Waals surface area contributed by atoms with E-state index in [0.717, 1.165) is 24.5 Å². The summed E-state index contributed by atoms with van der Waals surface area (Å²) in [5.41, 5.74) is 8.48. The van der Waals surface area contributed by atoms with Gasteiger partial charge in [-0.1, -0.05) is 0 Å². The van der Waals surface area contributed by atoms with Crippen molar-refractivity contribution >= 4 is 29.0 Å². The fourth-order valence-corrected chi connectivity index (χ4v) is 3.58. The number of hydrogen-bond acceptors (Lipinski definition) is 4. The second-order valence-electron chi connectivity index (χ2n) is 5.66. The lowest BCUT2D eigenvalue weighted by Crippen LogP contribution is -2.43. The van der Waals surface area contributed by atoms with Gasteiger partial charge in [-0.25, -0.2) is 0 Å². The fraction of sp³-hybridized carbons (Fsp3) is 0.533. The maximum absolute atomic E-state index is 11.8. The molecule has 1 saturated heterocycles. The second kappa shape index (κ2) is 5.95. The van der Waals surface area contributed by atoms with E-state index in [1.807, 2.05) is 30.8 Å². The molecule has 0 atom stereocenters. The van der Waals surface area contributed by atoms with Gasteiger partial charge in [-0.3, -0.25) is 4.79 Å². The van der Waals surface area contributed by atoms with Crippen LogP contribution in [0.25, 0.3) is 0 Å². The summed E-state index contributed by atoms with van der Waals surface area (Å²) in [7, 11) is 0. The number of rotatable bonds is 3. The number of thioether (sulfide) groups is 1. The molecule has 0 saturated carbocycles. The lowest BCUT2D eigenvalue weighted by molar-refractivity contribution is 0.0956. The molecular formula is C15H23N3OS. The quantitative estimate of drug-likeness (QED) is 0.840. The molecule has 3 N–H and O–H groups in total. The minimum Gasteiger partial charge on any atom is -0.397 e. The van der Waals surface area contributed by atoms with Gasteiger partial charge in [0, 0.05) is 35.7 Å². The number of nitrogens with one attached hydrogen (secondary N) is 1. The van der Waals surface area contributed by atoms with Crippen molar-refractivity contribution in [1.29, 1.82) is 0 Å². The van der Waals surface area contributed by atoms with Crippen molar-refractivity contribution in [2.75, 3.05) is 36.0 Å². The number of nitrogens with zero attached hydrogens (tertiary/aromatic N) is 1. The van der Waals surface area contributed by atoms with Gasteiger partial charge in [-0.2, -0.15) is 11.8 Å². The smallest absolute Gasteiger partial charge is 0.251 e. The highest BCUT2D eigenvalue weighted by Crippen LogP contribution is 2.34. The molecule has 1 amide bonds. The van der Waals surface area contributed by atoms with Crippen molar-refractivity contribution in [3.63, 3.8) is 0 Å². The van der Waals surface area contributed by atoms with E-state index in [1.165, 1.54) is 0 Å². The molecule has 110 valence electrons. The molecule has 0 aliphatic carbocycles. The highest BCUT2D eigenvalue weighted by Gasteiger charge is 2.28. The Hall–Kier alpha value is -1.36. The normalized spacial score (nSPS) is 17.9. The highest BCUT2D eigenvalue weighted by molar-refractivity contribution is 8.00. The molecular weight excluding hydrogens is 270 g/mol. The van der Waals surface area contributed by atoms with E-state index < -0.39 is 0 Å². The first kappa shape index (κ1) is 15.0. The van der Waals surface area contributed by atoms with Crippen LogP contribution in [0.5, 0.6) is 0 Å². The van der Waals surface area contributed by atoms with E-state index in [1.54, 1.807) is 6.07 Å². The van der Waals surface area contributed by atoms with Gasteiger partial charge in [0.2, 0.25) is 0 Å². The molecule has 0 radical (unpaired) electrons. The van der Waals surface area contributed by atoms with Crippen molar-refractivity contribution in [3.05, 3.63) is 23.8 Å². The minimum atomic E-state index is -0.0692. The first-order valence-electron chi connectivity index (χ1n) is 6.99. The predicted molar refractivity (Wildman–Crippen MR) is 87.6 cm³/mol. The van der Waals surface area contributed by atoms with Gasteiger partial charge in [0.05, 0.1) is 11.4 Å². The third-order valence-electron chi connectivity index (χ3n) is 3.39. The van der Waals surface area contributed by atoms with Gasteiger partial charge >= 0.3 is 0 Å². The van der Waals surface area contributed by atoms with E-state index >= 15 is 0 Å². The highest BCUT2D eigenvalue weighted by atomic mass is 32.2. The zero-order valence-electron chi connectivity index (χ0n) is 12.4. The number of amides is 1. The van der Waals surface area contributed by atoms with Crippen LogP contribution < -0.4 is 16.0 Å². The Morgan fingerprint density at radius 2 is 2.25 bits per heavy atom. The molecule has 0 aromatic heterocycles. The Bertz CT molecular complexity index is 502. The summed E-state index contributed by atoms with van der Waals surface area (Å²) in [4.78, 5) is 14.1. The number of carbonyl (C=O) groups excluding carboxylic acids is 1. The summed E-state index contributed by atoms with van der Waals surface area (Å²) in [5, 5.41) is 2.79. The van der Waals surface area contributed by atoms with Crippen molar-refractivity contribution < 1.29 is 4.79 Å². The van der Waals surface area contributed by atoms with Crippen molar-refractivity contribution in [3.8, 4) is 0 Å². The van der Waals surface area contributed by atoms with Crippen molar-refractivity contribution in [2.24, 2.45) is 0 Å². The largest absolute Gasteiger partial charge is 0.397 e. The first-order chi connectivity index (χ1) is 9.43. The monoisotopic (exact) mass is 293 g/mol. The number of nitrogens with two attached hydrogens (primary N) is 1. The van der Waals surface area contributed by atoms with E-state index in [9.17, 15) is 4.79 Å². The molecule has 1 aliphatic heterocycles. The molecule has 5 heteroatoms. The molecule has 0 spiro atoms. The summed E-state index contributed by atoms with van der Waals surface area (Å²) >= 11 is 1.99. The fourth-order valence-electron chi connectivity index (χ4n) is 2.47. The average Bonchev–Trinajstić information content (AvgIpc) is 2.37. The Morgan fingerprint density at radius 1 is 1.50 bits per heavy atom. The van der Waals surface area contributed by atoms with Crippen LogP contribution in [0.1, 0.15) is 31.1 Å². The van der Waals surface area contributed by atoms with Gasteiger partial charge in [0.1, 0.15) is 0 Å². The van der Waals surface area contributed by atoms with E-state index in [2.05, 4.69) is 24.1 Å². The molecule has 2 rings (SSSR count). The van der Waals surface area contributed by atoms with Crippen LogP contribution in [-0.4, -0.2) is 36.0 Å². The number of carbonyl (C=O) groups is 1. The van der Waals surface area contributed by atoms with Crippen LogP contribution in [0.4, 0.5) is 11.4 Å². The Labute approximate surface area is 125 Å². The van der Waals surface area contributed by atoms with E-state index in [4.69, 9.17) is 5.73 Å². The maximum atomic E-state index is 11.8. The summed E-state index contributed by atoms with van der Waals surface area (Å²) < 4.78 is 0.239. The van der Waals surface area contributed by atoms with Crippen LogP contribution in [0.3, 0.4) is 0 Å². The van der Waals surface area contributed by atoms with Crippen LogP contribution in [0, 0.1) is 0 Å². The zero-order valence-corrected chi connectivity index (χ0v) is 13.2.